The lowest BCUT2D eigenvalue weighted by Gasteiger charge is -2.27. The maximum absolute atomic E-state index is 12.1. The van der Waals surface area contributed by atoms with Crippen LogP contribution in [0.5, 0.6) is 0 Å². The molecule has 17 heavy (non-hydrogen) atoms. The van der Waals surface area contributed by atoms with Crippen molar-refractivity contribution in [3.05, 3.63) is 0 Å². The summed E-state index contributed by atoms with van der Waals surface area (Å²) in [5.41, 5.74) is 0.182. The van der Waals surface area contributed by atoms with Crippen LogP contribution in [0.15, 0.2) is 0 Å². The Morgan fingerprint density at radius 2 is 2.06 bits per heavy atom. The number of hydrogen-bond acceptors (Lipinski definition) is 2. The third-order valence-electron chi connectivity index (χ3n) is 3.20. The molecule has 0 aliphatic carbocycles. The second kappa shape index (κ2) is 5.38. The number of carboxylic acid groups (broad SMARTS) is 1. The van der Waals surface area contributed by atoms with Crippen molar-refractivity contribution in [1.29, 1.82) is 0 Å². The van der Waals surface area contributed by atoms with Crippen LogP contribution in [0.25, 0.3) is 0 Å². The van der Waals surface area contributed by atoms with E-state index in [1.807, 2.05) is 11.8 Å². The third kappa shape index (κ3) is 3.91. The molecule has 1 N–H and O–H groups in total. The first-order valence-electron chi connectivity index (χ1n) is 6.11. The van der Waals surface area contributed by atoms with Gasteiger partial charge in [0.15, 0.2) is 0 Å². The summed E-state index contributed by atoms with van der Waals surface area (Å²) < 4.78 is 0. The molecule has 1 heterocycles. The van der Waals surface area contributed by atoms with Crippen LogP contribution in [0.1, 0.15) is 33.6 Å². The Balaban J connectivity index is 2.52. The molecule has 0 bridgehead atoms. The molecule has 1 aliphatic heterocycles. The Labute approximate surface area is 102 Å². The zero-order valence-electron chi connectivity index (χ0n) is 10.9. The molecule has 0 saturated carbocycles. The van der Waals surface area contributed by atoms with Crippen molar-refractivity contribution < 1.29 is 14.7 Å². The van der Waals surface area contributed by atoms with Crippen LogP contribution in [-0.2, 0) is 4.79 Å². The summed E-state index contributed by atoms with van der Waals surface area (Å²) in [6, 6.07) is -0.0284. The summed E-state index contributed by atoms with van der Waals surface area (Å²) in [5.74, 6) is -0.863. The maximum Gasteiger partial charge on any atom is 0.320 e. The number of aliphatic carboxylic acids is 1. The molecule has 1 rings (SSSR count). The highest BCUT2D eigenvalue weighted by Gasteiger charge is 2.33. The second-order valence-corrected chi connectivity index (χ2v) is 5.34. The van der Waals surface area contributed by atoms with Crippen molar-refractivity contribution in [3.8, 4) is 0 Å². The number of likely N-dealkylation sites (tertiary alicyclic amines) is 1. The van der Waals surface area contributed by atoms with E-state index in [-0.39, 0.29) is 17.9 Å². The van der Waals surface area contributed by atoms with Crippen molar-refractivity contribution >= 4 is 12.0 Å². The molecule has 1 aliphatic rings. The molecular weight excluding hydrogens is 220 g/mol. The van der Waals surface area contributed by atoms with Crippen LogP contribution in [-0.4, -0.2) is 53.1 Å². The fourth-order valence-electron chi connectivity index (χ4n) is 2.10. The van der Waals surface area contributed by atoms with Gasteiger partial charge >= 0.3 is 12.0 Å². The first-order chi connectivity index (χ1) is 7.85. The van der Waals surface area contributed by atoms with Gasteiger partial charge in [0.1, 0.15) is 0 Å². The van der Waals surface area contributed by atoms with Crippen LogP contribution in [0.2, 0.25) is 0 Å². The van der Waals surface area contributed by atoms with E-state index in [0.717, 1.165) is 19.5 Å². The first kappa shape index (κ1) is 13.8. The van der Waals surface area contributed by atoms with Crippen LogP contribution < -0.4 is 0 Å². The lowest BCUT2D eigenvalue weighted by atomic mass is 9.93. The minimum Gasteiger partial charge on any atom is -0.481 e. The first-order valence-corrected chi connectivity index (χ1v) is 6.11. The van der Waals surface area contributed by atoms with Gasteiger partial charge in [-0.15, -0.1) is 0 Å². The van der Waals surface area contributed by atoms with Crippen LogP contribution in [0.3, 0.4) is 0 Å². The molecule has 1 saturated heterocycles. The largest absolute Gasteiger partial charge is 0.481 e. The van der Waals surface area contributed by atoms with Crippen molar-refractivity contribution in [3.63, 3.8) is 0 Å². The highest BCUT2D eigenvalue weighted by molar-refractivity contribution is 5.75. The quantitative estimate of drug-likeness (QED) is 0.815. The average molecular weight is 242 g/mol. The van der Waals surface area contributed by atoms with E-state index in [4.69, 9.17) is 5.11 Å². The number of amides is 2. The zero-order chi connectivity index (χ0) is 13.1. The molecule has 0 aromatic carbocycles. The lowest BCUT2D eigenvalue weighted by molar-refractivity contribution is -0.137. The number of carbonyl (C=O) groups excluding carboxylic acids is 1. The molecule has 0 aromatic rings. The van der Waals surface area contributed by atoms with E-state index < -0.39 is 5.97 Å². The summed E-state index contributed by atoms with van der Waals surface area (Å²) in [6.07, 6.45) is 1.02. The van der Waals surface area contributed by atoms with E-state index in [9.17, 15) is 9.59 Å². The standard InChI is InChI=1S/C12H22N2O3/c1-4-13(7-5-10(15)16)11(17)14-8-6-12(2,3)9-14/h4-9H2,1-3H3,(H,15,16). The maximum atomic E-state index is 12.1. The summed E-state index contributed by atoms with van der Waals surface area (Å²) >= 11 is 0. The van der Waals surface area contributed by atoms with Gasteiger partial charge in [0.25, 0.3) is 0 Å². The minimum absolute atomic E-state index is 0.0107. The SMILES string of the molecule is CCN(CCC(=O)O)C(=O)N1CCC(C)(C)C1. The van der Waals surface area contributed by atoms with Gasteiger partial charge in [0, 0.05) is 26.2 Å². The fourth-order valence-corrected chi connectivity index (χ4v) is 2.10. The number of urea groups is 1. The molecule has 5 heteroatoms. The average Bonchev–Trinajstić information content (AvgIpc) is 2.59. The van der Waals surface area contributed by atoms with Gasteiger partial charge in [0.05, 0.1) is 6.42 Å². The summed E-state index contributed by atoms with van der Waals surface area (Å²) in [7, 11) is 0. The molecule has 0 atom stereocenters. The fraction of sp³-hybridized carbons (Fsp3) is 0.833. The van der Waals surface area contributed by atoms with Gasteiger partial charge < -0.3 is 14.9 Å². The van der Waals surface area contributed by atoms with E-state index in [0.29, 0.717) is 13.1 Å². The molecule has 0 spiro atoms. The Kier molecular flexibility index (Phi) is 4.37. The zero-order valence-corrected chi connectivity index (χ0v) is 10.9. The van der Waals surface area contributed by atoms with Crippen LogP contribution >= 0.6 is 0 Å². The van der Waals surface area contributed by atoms with Crippen molar-refractivity contribution in [2.75, 3.05) is 26.2 Å². The van der Waals surface area contributed by atoms with Crippen LogP contribution in [0.4, 0.5) is 4.79 Å². The van der Waals surface area contributed by atoms with Gasteiger partial charge in [-0.3, -0.25) is 4.79 Å². The summed E-state index contributed by atoms with van der Waals surface area (Å²) in [6.45, 7) is 8.55. The predicted molar refractivity (Wildman–Crippen MR) is 64.9 cm³/mol. The van der Waals surface area contributed by atoms with Crippen molar-refractivity contribution in [2.24, 2.45) is 5.41 Å². The van der Waals surface area contributed by atoms with E-state index in [1.54, 1.807) is 4.90 Å². The highest BCUT2D eigenvalue weighted by Crippen LogP contribution is 2.29. The Bertz CT molecular complexity index is 302. The summed E-state index contributed by atoms with van der Waals surface area (Å²) in [5, 5.41) is 8.64. The molecule has 98 valence electrons. The molecule has 1 fully saturated rings. The monoisotopic (exact) mass is 242 g/mol. The topological polar surface area (TPSA) is 60.9 Å². The second-order valence-electron chi connectivity index (χ2n) is 5.34. The number of rotatable bonds is 4. The summed E-state index contributed by atoms with van der Waals surface area (Å²) in [4.78, 5) is 26.1. The number of nitrogens with zero attached hydrogens (tertiary/aromatic N) is 2. The van der Waals surface area contributed by atoms with E-state index >= 15 is 0 Å². The normalized spacial score (nSPS) is 18.2. The third-order valence-corrected chi connectivity index (χ3v) is 3.20. The van der Waals surface area contributed by atoms with E-state index in [2.05, 4.69) is 13.8 Å². The highest BCUT2D eigenvalue weighted by atomic mass is 16.4. The number of hydrogen-bond donors (Lipinski definition) is 1. The molecular formula is C12H22N2O3. The Morgan fingerprint density at radius 3 is 2.47 bits per heavy atom. The lowest BCUT2D eigenvalue weighted by Crippen LogP contribution is -2.43. The molecule has 0 aromatic heterocycles. The van der Waals surface area contributed by atoms with Gasteiger partial charge in [-0.05, 0) is 18.8 Å². The number of carboxylic acids is 1. The molecule has 2 amide bonds. The van der Waals surface area contributed by atoms with Crippen molar-refractivity contribution in [2.45, 2.75) is 33.6 Å². The smallest absolute Gasteiger partial charge is 0.320 e. The molecule has 0 unspecified atom stereocenters. The van der Waals surface area contributed by atoms with Crippen LogP contribution in [0, 0.1) is 5.41 Å². The number of carbonyl (C=O) groups is 2. The Morgan fingerprint density at radius 1 is 1.41 bits per heavy atom. The van der Waals surface area contributed by atoms with E-state index in [1.165, 1.54) is 0 Å². The molecule has 5 nitrogen and oxygen atoms in total. The van der Waals surface area contributed by atoms with Gasteiger partial charge in [-0.25, -0.2) is 4.79 Å². The predicted octanol–water partition coefficient (Wildman–Crippen LogP) is 1.63. The minimum atomic E-state index is -0.863. The molecule has 0 radical (unpaired) electrons. The van der Waals surface area contributed by atoms with Gasteiger partial charge in [-0.2, -0.15) is 0 Å². The van der Waals surface area contributed by atoms with Crippen molar-refractivity contribution in [1.82, 2.24) is 9.80 Å². The van der Waals surface area contributed by atoms with Gasteiger partial charge in [-0.1, -0.05) is 13.8 Å². The Hall–Kier alpha value is -1.26. The van der Waals surface area contributed by atoms with Gasteiger partial charge in [0.2, 0.25) is 0 Å².